The number of para-hydroxylation sites is 1. The van der Waals surface area contributed by atoms with Gasteiger partial charge < -0.3 is 14.3 Å². The molecule has 0 aliphatic heterocycles. The van der Waals surface area contributed by atoms with Gasteiger partial charge in [-0.2, -0.15) is 0 Å². The number of hydrogen-bond acceptors (Lipinski definition) is 5. The minimum absolute atomic E-state index is 0.209. The summed E-state index contributed by atoms with van der Waals surface area (Å²) in [5, 5.41) is 17.7. The lowest BCUT2D eigenvalue weighted by atomic mass is 10.1. The first-order valence-electron chi connectivity index (χ1n) is 6.45. The van der Waals surface area contributed by atoms with Crippen LogP contribution >= 0.6 is 0 Å². The summed E-state index contributed by atoms with van der Waals surface area (Å²) >= 11 is 0. The monoisotopic (exact) mass is 262 g/mol. The first-order valence-corrected chi connectivity index (χ1v) is 6.45. The van der Waals surface area contributed by atoms with Crippen LogP contribution < -0.4 is 4.74 Å². The van der Waals surface area contributed by atoms with Gasteiger partial charge in [0.05, 0.1) is 6.10 Å². The Balaban J connectivity index is 2.06. The summed E-state index contributed by atoms with van der Waals surface area (Å²) in [6, 6.07) is 7.43. The number of benzene rings is 1. The number of aryl methyl sites for hydroxylation is 1. The fraction of sp³-hybridized carbons (Fsp3) is 0.429. The van der Waals surface area contributed by atoms with Gasteiger partial charge in [0, 0.05) is 12.0 Å². The lowest BCUT2D eigenvalue weighted by Gasteiger charge is -2.13. The van der Waals surface area contributed by atoms with Crippen LogP contribution in [0.5, 0.6) is 5.75 Å². The normalized spacial score (nSPS) is 12.4. The summed E-state index contributed by atoms with van der Waals surface area (Å²) in [6.07, 6.45) is 0.823. The molecule has 5 heteroatoms. The summed E-state index contributed by atoms with van der Waals surface area (Å²) in [5.74, 6) is 1.69. The van der Waals surface area contributed by atoms with Gasteiger partial charge in [-0.3, -0.25) is 0 Å². The molecule has 1 aromatic heterocycles. The van der Waals surface area contributed by atoms with E-state index < -0.39 is 6.10 Å². The molecule has 0 amide bonds. The first kappa shape index (κ1) is 13.5. The van der Waals surface area contributed by atoms with Crippen molar-refractivity contribution in [3.05, 3.63) is 41.6 Å². The van der Waals surface area contributed by atoms with Crippen LogP contribution in [0, 0.1) is 0 Å². The standard InChI is InChI=1S/C14H18N2O3/c1-3-11(17)10-7-5-6-8-12(10)18-9-14-16-15-13(4-2)19-14/h5-8,11,17H,3-4,9H2,1-2H3. The number of hydrogen-bond donors (Lipinski definition) is 1. The second-order valence-electron chi connectivity index (χ2n) is 4.19. The molecule has 2 aromatic rings. The summed E-state index contributed by atoms with van der Waals surface area (Å²) in [5.41, 5.74) is 0.778. The molecule has 2 rings (SSSR count). The summed E-state index contributed by atoms with van der Waals surface area (Å²) in [6.45, 7) is 4.08. The van der Waals surface area contributed by atoms with Crippen LogP contribution in [0.3, 0.4) is 0 Å². The third-order valence-corrected chi connectivity index (χ3v) is 2.83. The van der Waals surface area contributed by atoms with Crippen LogP contribution in [0.4, 0.5) is 0 Å². The molecule has 0 aliphatic carbocycles. The molecule has 0 spiro atoms. The van der Waals surface area contributed by atoms with E-state index in [4.69, 9.17) is 9.15 Å². The molecule has 1 N–H and O–H groups in total. The molecule has 0 fully saturated rings. The fourth-order valence-electron chi connectivity index (χ4n) is 1.74. The number of aliphatic hydroxyl groups excluding tert-OH is 1. The quantitative estimate of drug-likeness (QED) is 0.866. The summed E-state index contributed by atoms with van der Waals surface area (Å²) < 4.78 is 11.0. The van der Waals surface area contributed by atoms with E-state index in [1.807, 2.05) is 38.1 Å². The third-order valence-electron chi connectivity index (χ3n) is 2.83. The third kappa shape index (κ3) is 3.32. The van der Waals surface area contributed by atoms with Crippen molar-refractivity contribution in [1.29, 1.82) is 0 Å². The van der Waals surface area contributed by atoms with Gasteiger partial charge in [0.25, 0.3) is 5.89 Å². The van der Waals surface area contributed by atoms with Crippen LogP contribution in [-0.4, -0.2) is 15.3 Å². The van der Waals surface area contributed by atoms with Crippen LogP contribution in [0.1, 0.15) is 43.7 Å². The van der Waals surface area contributed by atoms with E-state index in [1.165, 1.54) is 0 Å². The number of aromatic nitrogens is 2. The minimum atomic E-state index is -0.523. The molecule has 0 saturated carbocycles. The van der Waals surface area contributed by atoms with E-state index in [0.29, 0.717) is 30.4 Å². The Morgan fingerprint density at radius 1 is 1.21 bits per heavy atom. The zero-order chi connectivity index (χ0) is 13.7. The Kier molecular flexibility index (Phi) is 4.52. The molecular formula is C14H18N2O3. The highest BCUT2D eigenvalue weighted by Gasteiger charge is 2.12. The van der Waals surface area contributed by atoms with Crippen molar-refractivity contribution >= 4 is 0 Å². The van der Waals surface area contributed by atoms with E-state index in [0.717, 1.165) is 5.56 Å². The number of ether oxygens (including phenoxy) is 1. The first-order chi connectivity index (χ1) is 9.24. The summed E-state index contributed by atoms with van der Waals surface area (Å²) in [4.78, 5) is 0. The SMILES string of the molecule is CCc1nnc(COc2ccccc2C(O)CC)o1. The Morgan fingerprint density at radius 2 is 1.95 bits per heavy atom. The largest absolute Gasteiger partial charge is 0.483 e. The van der Waals surface area contributed by atoms with Gasteiger partial charge in [-0.25, -0.2) is 0 Å². The molecule has 1 atom stereocenters. The number of nitrogens with zero attached hydrogens (tertiary/aromatic N) is 2. The molecule has 0 aliphatic rings. The van der Waals surface area contributed by atoms with E-state index in [9.17, 15) is 5.11 Å². The molecule has 0 radical (unpaired) electrons. The van der Waals surface area contributed by atoms with Gasteiger partial charge in [0.15, 0.2) is 6.61 Å². The fourth-order valence-corrected chi connectivity index (χ4v) is 1.74. The van der Waals surface area contributed by atoms with Gasteiger partial charge in [-0.1, -0.05) is 32.0 Å². The van der Waals surface area contributed by atoms with Crippen molar-refractivity contribution in [2.75, 3.05) is 0 Å². The minimum Gasteiger partial charge on any atom is -0.483 e. The topological polar surface area (TPSA) is 68.4 Å². The Bertz CT molecular complexity index is 525. The lowest BCUT2D eigenvalue weighted by Crippen LogP contribution is -2.02. The van der Waals surface area contributed by atoms with Crippen LogP contribution in [0.2, 0.25) is 0 Å². The van der Waals surface area contributed by atoms with Gasteiger partial charge in [-0.05, 0) is 12.5 Å². The van der Waals surface area contributed by atoms with E-state index in [-0.39, 0.29) is 6.61 Å². The molecule has 102 valence electrons. The van der Waals surface area contributed by atoms with Crippen molar-refractivity contribution in [2.24, 2.45) is 0 Å². The van der Waals surface area contributed by atoms with Crippen LogP contribution in [-0.2, 0) is 13.0 Å². The highest BCUT2D eigenvalue weighted by molar-refractivity contribution is 5.34. The molecule has 0 bridgehead atoms. The maximum Gasteiger partial charge on any atom is 0.253 e. The molecule has 0 saturated heterocycles. The van der Waals surface area contributed by atoms with Crippen molar-refractivity contribution in [1.82, 2.24) is 10.2 Å². The smallest absolute Gasteiger partial charge is 0.253 e. The van der Waals surface area contributed by atoms with Crippen LogP contribution in [0.15, 0.2) is 28.7 Å². The molecule has 19 heavy (non-hydrogen) atoms. The lowest BCUT2D eigenvalue weighted by molar-refractivity contribution is 0.164. The second-order valence-corrected chi connectivity index (χ2v) is 4.19. The zero-order valence-corrected chi connectivity index (χ0v) is 11.2. The van der Waals surface area contributed by atoms with E-state index >= 15 is 0 Å². The van der Waals surface area contributed by atoms with Gasteiger partial charge in [0.1, 0.15) is 5.75 Å². The predicted molar refractivity (Wildman–Crippen MR) is 69.7 cm³/mol. The highest BCUT2D eigenvalue weighted by Crippen LogP contribution is 2.27. The predicted octanol–water partition coefficient (Wildman–Crippen LogP) is 2.65. The number of aliphatic hydroxyl groups is 1. The summed E-state index contributed by atoms with van der Waals surface area (Å²) in [7, 11) is 0. The van der Waals surface area contributed by atoms with Gasteiger partial charge >= 0.3 is 0 Å². The van der Waals surface area contributed by atoms with Crippen molar-refractivity contribution < 1.29 is 14.3 Å². The van der Waals surface area contributed by atoms with Crippen molar-refractivity contribution in [3.63, 3.8) is 0 Å². The van der Waals surface area contributed by atoms with Gasteiger partial charge in [-0.15, -0.1) is 10.2 Å². The second kappa shape index (κ2) is 6.33. The average molecular weight is 262 g/mol. The van der Waals surface area contributed by atoms with Gasteiger partial charge in [0.2, 0.25) is 5.89 Å². The highest BCUT2D eigenvalue weighted by atomic mass is 16.5. The molecule has 5 nitrogen and oxygen atoms in total. The Morgan fingerprint density at radius 3 is 2.63 bits per heavy atom. The van der Waals surface area contributed by atoms with E-state index in [1.54, 1.807) is 0 Å². The van der Waals surface area contributed by atoms with Crippen molar-refractivity contribution in [2.45, 2.75) is 39.4 Å². The van der Waals surface area contributed by atoms with Crippen LogP contribution in [0.25, 0.3) is 0 Å². The molecular weight excluding hydrogens is 244 g/mol. The Hall–Kier alpha value is -1.88. The van der Waals surface area contributed by atoms with E-state index in [2.05, 4.69) is 10.2 Å². The molecule has 1 heterocycles. The average Bonchev–Trinajstić information content (AvgIpc) is 2.92. The molecule has 1 unspecified atom stereocenters. The molecule has 1 aromatic carbocycles. The Labute approximate surface area is 112 Å². The zero-order valence-electron chi connectivity index (χ0n) is 11.2. The number of rotatable bonds is 6. The van der Waals surface area contributed by atoms with Crippen molar-refractivity contribution in [3.8, 4) is 5.75 Å². The maximum absolute atomic E-state index is 9.92. The maximum atomic E-state index is 9.92.